The molecule has 0 bridgehead atoms. The molecule has 0 saturated carbocycles. The lowest BCUT2D eigenvalue weighted by molar-refractivity contribution is -0.137. The molecular formula is C23H21F3N4O2. The van der Waals surface area contributed by atoms with E-state index in [0.717, 1.165) is 41.9 Å². The van der Waals surface area contributed by atoms with Crippen molar-refractivity contribution in [3.05, 3.63) is 93.2 Å². The van der Waals surface area contributed by atoms with Gasteiger partial charge in [0.25, 0.3) is 11.5 Å². The van der Waals surface area contributed by atoms with Crippen molar-refractivity contribution < 1.29 is 18.0 Å². The van der Waals surface area contributed by atoms with Gasteiger partial charge in [0.15, 0.2) is 0 Å². The van der Waals surface area contributed by atoms with Crippen molar-refractivity contribution in [1.29, 1.82) is 0 Å². The van der Waals surface area contributed by atoms with Crippen LogP contribution in [0.3, 0.4) is 0 Å². The van der Waals surface area contributed by atoms with Gasteiger partial charge in [0, 0.05) is 42.9 Å². The van der Waals surface area contributed by atoms with Crippen molar-refractivity contribution in [2.45, 2.75) is 31.4 Å². The van der Waals surface area contributed by atoms with Crippen LogP contribution in [-0.2, 0) is 12.6 Å². The Kier molecular flexibility index (Phi) is 6.07. The standard InChI is InChI=1S/C23H21F3N4O2/c24-23(25,26)17-8-6-15(7-9-17)13-18-4-1-5-19(27-18)16-3-2-12-30(14-16)22(32)20-10-11-21(31)29-28-20/h1,4-11,16H,2-3,12-14H2,(H,29,31)/t16-/m1/s1. The Hall–Kier alpha value is -3.49. The third-order valence-corrected chi connectivity index (χ3v) is 5.52. The maximum atomic E-state index is 12.8. The molecule has 9 heteroatoms. The number of benzene rings is 1. The summed E-state index contributed by atoms with van der Waals surface area (Å²) in [5.74, 6) is -0.199. The summed E-state index contributed by atoms with van der Waals surface area (Å²) in [5, 5.41) is 6.10. The first-order valence-corrected chi connectivity index (χ1v) is 10.3. The van der Waals surface area contributed by atoms with Gasteiger partial charge in [-0.3, -0.25) is 14.6 Å². The molecule has 1 atom stereocenters. The van der Waals surface area contributed by atoms with Gasteiger partial charge in [-0.1, -0.05) is 18.2 Å². The zero-order valence-corrected chi connectivity index (χ0v) is 17.1. The van der Waals surface area contributed by atoms with E-state index in [-0.39, 0.29) is 23.1 Å². The van der Waals surface area contributed by atoms with Gasteiger partial charge in [-0.25, -0.2) is 5.10 Å². The largest absolute Gasteiger partial charge is 0.416 e. The number of carbonyl (C=O) groups excluding carboxylic acids is 1. The van der Waals surface area contributed by atoms with E-state index in [4.69, 9.17) is 4.98 Å². The molecule has 4 rings (SSSR count). The topological polar surface area (TPSA) is 79.0 Å². The van der Waals surface area contributed by atoms with E-state index in [9.17, 15) is 22.8 Å². The van der Waals surface area contributed by atoms with Crippen LogP contribution in [-0.4, -0.2) is 39.1 Å². The van der Waals surface area contributed by atoms with E-state index < -0.39 is 11.7 Å². The van der Waals surface area contributed by atoms with Gasteiger partial charge in [-0.15, -0.1) is 0 Å². The molecule has 1 N–H and O–H groups in total. The fourth-order valence-electron chi connectivity index (χ4n) is 3.87. The second kappa shape index (κ2) is 8.94. The average Bonchev–Trinajstić information content (AvgIpc) is 2.79. The third-order valence-electron chi connectivity index (χ3n) is 5.52. The maximum Gasteiger partial charge on any atom is 0.416 e. The smallest absolute Gasteiger partial charge is 0.337 e. The first kappa shape index (κ1) is 21.7. The Balaban J connectivity index is 1.46. The first-order valence-electron chi connectivity index (χ1n) is 10.3. The molecule has 166 valence electrons. The van der Waals surface area contributed by atoms with Crippen molar-refractivity contribution in [2.24, 2.45) is 0 Å². The van der Waals surface area contributed by atoms with E-state index in [1.54, 1.807) is 4.90 Å². The van der Waals surface area contributed by atoms with Crippen molar-refractivity contribution in [3.8, 4) is 0 Å². The van der Waals surface area contributed by atoms with Gasteiger partial charge < -0.3 is 4.90 Å². The molecule has 0 aliphatic carbocycles. The number of likely N-dealkylation sites (tertiary alicyclic amines) is 1. The van der Waals surface area contributed by atoms with Crippen LogP contribution in [0.5, 0.6) is 0 Å². The van der Waals surface area contributed by atoms with Gasteiger partial charge in [0.05, 0.1) is 5.56 Å². The minimum absolute atomic E-state index is 0.0445. The van der Waals surface area contributed by atoms with Crippen LogP contribution in [0, 0.1) is 0 Å². The predicted molar refractivity (Wildman–Crippen MR) is 111 cm³/mol. The molecule has 0 spiro atoms. The number of halogens is 3. The Bertz CT molecular complexity index is 1140. The third kappa shape index (κ3) is 5.04. The van der Waals surface area contributed by atoms with Crippen molar-refractivity contribution >= 4 is 5.91 Å². The van der Waals surface area contributed by atoms with E-state index in [0.29, 0.717) is 19.5 Å². The van der Waals surface area contributed by atoms with Crippen LogP contribution < -0.4 is 5.56 Å². The highest BCUT2D eigenvalue weighted by Crippen LogP contribution is 2.30. The fraction of sp³-hybridized carbons (Fsp3) is 0.304. The summed E-state index contributed by atoms with van der Waals surface area (Å²) in [6.07, 6.45) is -2.25. The molecule has 0 radical (unpaired) electrons. The molecule has 2 aromatic heterocycles. The zero-order chi connectivity index (χ0) is 22.7. The lowest BCUT2D eigenvalue weighted by Crippen LogP contribution is -2.40. The van der Waals surface area contributed by atoms with Crippen LogP contribution in [0.15, 0.2) is 59.4 Å². The lowest BCUT2D eigenvalue weighted by Gasteiger charge is -2.32. The lowest BCUT2D eigenvalue weighted by atomic mass is 9.93. The monoisotopic (exact) mass is 442 g/mol. The summed E-state index contributed by atoms with van der Waals surface area (Å²) in [6.45, 7) is 1.08. The number of hydrogen-bond donors (Lipinski definition) is 1. The molecule has 0 unspecified atom stereocenters. The van der Waals surface area contributed by atoms with Crippen molar-refractivity contribution in [3.63, 3.8) is 0 Å². The molecule has 6 nitrogen and oxygen atoms in total. The quantitative estimate of drug-likeness (QED) is 0.667. The number of amides is 1. The molecule has 3 heterocycles. The number of H-pyrrole nitrogens is 1. The highest BCUT2D eigenvalue weighted by Gasteiger charge is 2.30. The molecular weight excluding hydrogens is 421 g/mol. The summed E-state index contributed by atoms with van der Waals surface area (Å²) in [6, 6.07) is 13.4. The van der Waals surface area contributed by atoms with Crippen molar-refractivity contribution in [2.75, 3.05) is 13.1 Å². The van der Waals surface area contributed by atoms with E-state index in [2.05, 4.69) is 10.2 Å². The van der Waals surface area contributed by atoms with Crippen LogP contribution >= 0.6 is 0 Å². The molecule has 1 aliphatic heterocycles. The molecule has 3 aromatic rings. The number of nitrogens with zero attached hydrogens (tertiary/aromatic N) is 3. The summed E-state index contributed by atoms with van der Waals surface area (Å²) in [5.41, 5.74) is 1.50. The second-order valence-corrected chi connectivity index (χ2v) is 7.82. The number of carbonyl (C=O) groups is 1. The van der Waals surface area contributed by atoms with Gasteiger partial charge in [0.1, 0.15) is 5.69 Å². The van der Waals surface area contributed by atoms with Gasteiger partial charge in [0.2, 0.25) is 0 Å². The number of aromatic amines is 1. The zero-order valence-electron chi connectivity index (χ0n) is 17.1. The SMILES string of the molecule is O=C(c1ccc(=O)[nH]n1)N1CCC[C@@H](c2cccc(Cc3ccc(C(F)(F)F)cc3)n2)C1. The first-order chi connectivity index (χ1) is 15.3. The van der Waals surface area contributed by atoms with E-state index in [1.165, 1.54) is 24.3 Å². The number of alkyl halides is 3. The number of rotatable bonds is 4. The molecule has 1 amide bonds. The Morgan fingerprint density at radius 2 is 1.88 bits per heavy atom. The summed E-state index contributed by atoms with van der Waals surface area (Å²) in [4.78, 5) is 30.3. The summed E-state index contributed by atoms with van der Waals surface area (Å²) >= 11 is 0. The summed E-state index contributed by atoms with van der Waals surface area (Å²) in [7, 11) is 0. The highest BCUT2D eigenvalue weighted by molar-refractivity contribution is 5.92. The fourth-order valence-corrected chi connectivity index (χ4v) is 3.87. The van der Waals surface area contributed by atoms with Gasteiger partial charge >= 0.3 is 6.18 Å². The molecule has 1 saturated heterocycles. The molecule has 1 aromatic carbocycles. The Morgan fingerprint density at radius 1 is 1.09 bits per heavy atom. The van der Waals surface area contributed by atoms with Crippen LogP contribution in [0.25, 0.3) is 0 Å². The molecule has 1 fully saturated rings. The number of nitrogens with one attached hydrogen (secondary N) is 1. The Morgan fingerprint density at radius 3 is 2.56 bits per heavy atom. The number of aromatic nitrogens is 3. The van der Waals surface area contributed by atoms with Crippen molar-refractivity contribution in [1.82, 2.24) is 20.1 Å². The minimum Gasteiger partial charge on any atom is -0.337 e. The van der Waals surface area contributed by atoms with Crippen LogP contribution in [0.2, 0.25) is 0 Å². The van der Waals surface area contributed by atoms with Gasteiger partial charge in [-0.2, -0.15) is 18.3 Å². The van der Waals surface area contributed by atoms with Crippen LogP contribution in [0.4, 0.5) is 13.2 Å². The maximum absolute atomic E-state index is 12.8. The minimum atomic E-state index is -4.36. The number of pyridine rings is 1. The van der Waals surface area contributed by atoms with E-state index in [1.807, 2.05) is 18.2 Å². The highest BCUT2D eigenvalue weighted by atomic mass is 19.4. The Labute approximate surface area is 182 Å². The molecule has 1 aliphatic rings. The predicted octanol–water partition coefficient (Wildman–Crippen LogP) is 3.79. The van der Waals surface area contributed by atoms with E-state index >= 15 is 0 Å². The normalized spacial score (nSPS) is 16.7. The van der Waals surface area contributed by atoms with Crippen LogP contribution in [0.1, 0.15) is 51.8 Å². The van der Waals surface area contributed by atoms with Gasteiger partial charge in [-0.05, 0) is 48.7 Å². The number of hydrogen-bond acceptors (Lipinski definition) is 4. The number of piperidine rings is 1. The second-order valence-electron chi connectivity index (χ2n) is 7.82. The average molecular weight is 442 g/mol. The summed E-state index contributed by atoms with van der Waals surface area (Å²) < 4.78 is 38.3. The molecule has 32 heavy (non-hydrogen) atoms.